The van der Waals surface area contributed by atoms with Gasteiger partial charge in [-0.3, -0.25) is 14.9 Å². The second-order valence-corrected chi connectivity index (χ2v) is 7.00. The van der Waals surface area contributed by atoms with Crippen molar-refractivity contribution in [2.75, 3.05) is 7.11 Å². The number of carbonyl (C=O) groups is 1. The van der Waals surface area contributed by atoms with Crippen LogP contribution in [0.2, 0.25) is 0 Å². The average Bonchev–Trinajstić information content (AvgIpc) is 3.29. The number of hydrogen-bond acceptors (Lipinski definition) is 6. The van der Waals surface area contributed by atoms with E-state index >= 15 is 0 Å². The van der Waals surface area contributed by atoms with E-state index in [0.717, 1.165) is 11.3 Å². The summed E-state index contributed by atoms with van der Waals surface area (Å²) in [6, 6.07) is 11.3. The SMILES string of the molecule is C#CCn1c(=NC(=O)c2cc3cccc(OC)c3o2)sc2cc([N+](=O)[O-])ccc21. The highest BCUT2D eigenvalue weighted by atomic mass is 32.1. The second-order valence-electron chi connectivity index (χ2n) is 5.99. The number of nitro groups is 1. The number of aromatic nitrogens is 1. The maximum atomic E-state index is 12.7. The molecule has 0 saturated heterocycles. The van der Waals surface area contributed by atoms with Crippen LogP contribution in [0.5, 0.6) is 5.75 Å². The lowest BCUT2D eigenvalue weighted by atomic mass is 10.2. The maximum absolute atomic E-state index is 12.7. The van der Waals surface area contributed by atoms with Gasteiger partial charge >= 0.3 is 5.91 Å². The van der Waals surface area contributed by atoms with Crippen LogP contribution in [0.4, 0.5) is 5.69 Å². The van der Waals surface area contributed by atoms with Crippen LogP contribution < -0.4 is 9.54 Å². The number of nitrogens with zero attached hydrogens (tertiary/aromatic N) is 3. The number of hydrogen-bond donors (Lipinski definition) is 0. The Kier molecular flexibility index (Phi) is 4.62. The first kappa shape index (κ1) is 18.5. The average molecular weight is 407 g/mol. The quantitative estimate of drug-likeness (QED) is 0.291. The summed E-state index contributed by atoms with van der Waals surface area (Å²) in [5, 5.41) is 11.7. The van der Waals surface area contributed by atoms with E-state index in [1.165, 1.54) is 19.2 Å². The Morgan fingerprint density at radius 1 is 1.38 bits per heavy atom. The molecule has 0 aliphatic rings. The Bertz CT molecular complexity index is 1390. The molecule has 144 valence electrons. The summed E-state index contributed by atoms with van der Waals surface area (Å²) in [6.45, 7) is 0.165. The Hall–Kier alpha value is -3.90. The minimum absolute atomic E-state index is 0.0473. The van der Waals surface area contributed by atoms with Crippen LogP contribution in [0.1, 0.15) is 10.6 Å². The van der Waals surface area contributed by atoms with Gasteiger partial charge in [-0.05, 0) is 18.2 Å². The van der Waals surface area contributed by atoms with Crippen molar-refractivity contribution in [3.05, 3.63) is 63.1 Å². The summed E-state index contributed by atoms with van der Waals surface area (Å²) < 4.78 is 13.2. The topological polar surface area (TPSA) is 99.9 Å². The molecule has 1 amide bonds. The fourth-order valence-corrected chi connectivity index (χ4v) is 4.01. The van der Waals surface area contributed by atoms with Gasteiger partial charge in [-0.15, -0.1) is 6.42 Å². The molecule has 0 N–H and O–H groups in total. The largest absolute Gasteiger partial charge is 0.493 e. The standard InChI is InChI=1S/C20H13N3O5S/c1-3-9-22-14-8-7-13(23(25)26)11-17(14)29-20(22)21-19(24)16-10-12-5-4-6-15(27-2)18(12)28-16/h1,4-8,10-11H,9H2,2H3. The van der Waals surface area contributed by atoms with E-state index in [2.05, 4.69) is 10.9 Å². The van der Waals surface area contributed by atoms with E-state index < -0.39 is 10.8 Å². The van der Waals surface area contributed by atoms with E-state index in [-0.39, 0.29) is 18.0 Å². The van der Waals surface area contributed by atoms with Crippen molar-refractivity contribution in [3.8, 4) is 18.1 Å². The maximum Gasteiger partial charge on any atom is 0.315 e. The molecule has 0 spiro atoms. The van der Waals surface area contributed by atoms with Crippen molar-refractivity contribution in [2.24, 2.45) is 4.99 Å². The van der Waals surface area contributed by atoms with Crippen molar-refractivity contribution < 1.29 is 18.9 Å². The number of amides is 1. The van der Waals surface area contributed by atoms with Gasteiger partial charge in [0.15, 0.2) is 21.9 Å². The van der Waals surface area contributed by atoms with Crippen LogP contribution in [0.15, 0.2) is 51.9 Å². The molecule has 8 nitrogen and oxygen atoms in total. The normalized spacial score (nSPS) is 11.7. The Labute approximate surface area is 167 Å². The van der Waals surface area contributed by atoms with Crippen LogP contribution in [0.25, 0.3) is 21.2 Å². The zero-order chi connectivity index (χ0) is 20.5. The van der Waals surface area contributed by atoms with Gasteiger partial charge in [0.2, 0.25) is 0 Å². The van der Waals surface area contributed by atoms with Gasteiger partial charge in [-0.1, -0.05) is 29.4 Å². The lowest BCUT2D eigenvalue weighted by molar-refractivity contribution is -0.384. The fourth-order valence-electron chi connectivity index (χ4n) is 2.95. The molecular formula is C20H13N3O5S. The van der Waals surface area contributed by atoms with Gasteiger partial charge in [-0.2, -0.15) is 4.99 Å². The monoisotopic (exact) mass is 407 g/mol. The third kappa shape index (κ3) is 3.26. The van der Waals surface area contributed by atoms with Crippen molar-refractivity contribution in [1.82, 2.24) is 4.57 Å². The summed E-state index contributed by atoms with van der Waals surface area (Å²) in [4.78, 5) is 27.8. The molecule has 2 aromatic heterocycles. The van der Waals surface area contributed by atoms with Crippen LogP contribution in [-0.2, 0) is 6.54 Å². The molecule has 0 unspecified atom stereocenters. The van der Waals surface area contributed by atoms with Crippen molar-refractivity contribution in [3.63, 3.8) is 0 Å². The van der Waals surface area contributed by atoms with Gasteiger partial charge in [0.1, 0.15) is 0 Å². The molecule has 0 aliphatic heterocycles. The molecule has 0 aliphatic carbocycles. The predicted molar refractivity (Wildman–Crippen MR) is 108 cm³/mol. The Morgan fingerprint density at radius 3 is 2.93 bits per heavy atom. The van der Waals surface area contributed by atoms with Crippen LogP contribution in [0.3, 0.4) is 0 Å². The van der Waals surface area contributed by atoms with Gasteiger partial charge in [0.05, 0.1) is 28.8 Å². The zero-order valence-electron chi connectivity index (χ0n) is 15.1. The van der Waals surface area contributed by atoms with Crippen LogP contribution in [-0.4, -0.2) is 22.5 Å². The predicted octanol–water partition coefficient (Wildman–Crippen LogP) is 3.74. The van der Waals surface area contributed by atoms with E-state index in [1.807, 2.05) is 0 Å². The molecule has 0 fully saturated rings. The lowest BCUT2D eigenvalue weighted by Crippen LogP contribution is -2.16. The van der Waals surface area contributed by atoms with Gasteiger partial charge in [-0.25, -0.2) is 0 Å². The zero-order valence-corrected chi connectivity index (χ0v) is 15.9. The molecule has 0 bridgehead atoms. The van der Waals surface area contributed by atoms with Crippen molar-refractivity contribution >= 4 is 44.1 Å². The minimum atomic E-state index is -0.588. The number of ether oxygens (including phenoxy) is 1. The van der Waals surface area contributed by atoms with E-state index in [1.54, 1.807) is 34.9 Å². The number of non-ortho nitro benzene ring substituents is 1. The summed E-state index contributed by atoms with van der Waals surface area (Å²) in [5.74, 6) is 2.49. The summed E-state index contributed by atoms with van der Waals surface area (Å²) in [5.41, 5.74) is 1.07. The highest BCUT2D eigenvalue weighted by Crippen LogP contribution is 2.29. The number of thiazole rings is 1. The van der Waals surface area contributed by atoms with Crippen LogP contribution >= 0.6 is 11.3 Å². The molecule has 4 rings (SSSR count). The number of furan rings is 1. The lowest BCUT2D eigenvalue weighted by Gasteiger charge is -1.99. The first-order valence-electron chi connectivity index (χ1n) is 8.38. The van der Waals surface area contributed by atoms with Crippen molar-refractivity contribution in [1.29, 1.82) is 0 Å². The Morgan fingerprint density at radius 2 is 2.21 bits per heavy atom. The number of rotatable bonds is 4. The van der Waals surface area contributed by atoms with E-state index in [0.29, 0.717) is 31.7 Å². The number of terminal acetylenes is 1. The molecule has 2 heterocycles. The molecular weight excluding hydrogens is 394 g/mol. The molecule has 4 aromatic rings. The number of carbonyl (C=O) groups excluding carboxylic acids is 1. The highest BCUT2D eigenvalue weighted by molar-refractivity contribution is 7.16. The minimum Gasteiger partial charge on any atom is -0.493 e. The van der Waals surface area contributed by atoms with Crippen molar-refractivity contribution in [2.45, 2.75) is 6.54 Å². The van der Waals surface area contributed by atoms with E-state index in [9.17, 15) is 14.9 Å². The second kappa shape index (κ2) is 7.26. The summed E-state index contributed by atoms with van der Waals surface area (Å²) in [7, 11) is 1.52. The molecule has 9 heteroatoms. The molecule has 0 atom stereocenters. The number of methoxy groups -OCH3 is 1. The third-order valence-corrected chi connectivity index (χ3v) is 5.30. The van der Waals surface area contributed by atoms with Gasteiger partial charge in [0, 0.05) is 17.5 Å². The number of para-hydroxylation sites is 1. The fraction of sp³-hybridized carbons (Fsp3) is 0.100. The smallest absolute Gasteiger partial charge is 0.315 e. The summed E-state index contributed by atoms with van der Waals surface area (Å²) >= 11 is 1.14. The number of benzene rings is 2. The number of nitro benzene ring substituents is 1. The number of fused-ring (bicyclic) bond motifs is 2. The summed E-state index contributed by atoms with van der Waals surface area (Å²) in [6.07, 6.45) is 5.45. The highest BCUT2D eigenvalue weighted by Gasteiger charge is 2.16. The van der Waals surface area contributed by atoms with E-state index in [4.69, 9.17) is 15.6 Å². The third-order valence-electron chi connectivity index (χ3n) is 4.26. The molecule has 0 saturated carbocycles. The first-order valence-corrected chi connectivity index (χ1v) is 9.20. The molecule has 29 heavy (non-hydrogen) atoms. The van der Waals surface area contributed by atoms with Gasteiger partial charge < -0.3 is 13.7 Å². The van der Waals surface area contributed by atoms with Gasteiger partial charge in [0.25, 0.3) is 5.69 Å². The first-order chi connectivity index (χ1) is 14.0. The Balaban J connectivity index is 1.84. The van der Waals surface area contributed by atoms with Crippen LogP contribution in [0, 0.1) is 22.5 Å². The molecule has 2 aromatic carbocycles. The molecule has 0 radical (unpaired) electrons.